The molecular weight excluding hydrogens is 263 g/mol. The zero-order valence-corrected chi connectivity index (χ0v) is 10.5. The summed E-state index contributed by atoms with van der Waals surface area (Å²) in [4.78, 5) is 11.1. The lowest BCUT2D eigenvalue weighted by molar-refractivity contribution is 0.0693. The lowest BCUT2D eigenvalue weighted by atomic mass is 10.1. The molecule has 0 atom stereocenters. The number of aliphatic hydroxyl groups is 1. The van der Waals surface area contributed by atoms with E-state index in [0.717, 1.165) is 6.07 Å². The Hall–Kier alpha value is -2.40. The van der Waals surface area contributed by atoms with E-state index in [1.807, 2.05) is 0 Å². The second-order valence-corrected chi connectivity index (χ2v) is 4.11. The topological polar surface area (TPSA) is 66.8 Å². The maximum Gasteiger partial charge on any atom is 0.339 e. The van der Waals surface area contributed by atoms with Crippen LogP contribution in [0.2, 0.25) is 0 Å². The van der Waals surface area contributed by atoms with Crippen LogP contribution in [0.3, 0.4) is 0 Å². The van der Waals surface area contributed by atoms with Crippen molar-refractivity contribution in [3.05, 3.63) is 59.4 Å². The second kappa shape index (κ2) is 6.16. The Morgan fingerprint density at radius 2 is 1.90 bits per heavy atom. The van der Waals surface area contributed by atoms with Gasteiger partial charge in [0.05, 0.1) is 0 Å². The molecular formula is C15H13FO4. The van der Waals surface area contributed by atoms with Crippen LogP contribution in [0.15, 0.2) is 42.5 Å². The molecule has 0 saturated carbocycles. The predicted molar refractivity (Wildman–Crippen MR) is 70.7 cm³/mol. The van der Waals surface area contributed by atoms with E-state index in [-0.39, 0.29) is 17.9 Å². The van der Waals surface area contributed by atoms with Crippen LogP contribution in [-0.4, -0.2) is 22.8 Å². The lowest BCUT2D eigenvalue weighted by Crippen LogP contribution is -2.03. The first-order valence-corrected chi connectivity index (χ1v) is 6.02. The highest BCUT2D eigenvalue weighted by molar-refractivity contribution is 5.91. The van der Waals surface area contributed by atoms with Crippen molar-refractivity contribution in [2.24, 2.45) is 0 Å². The zero-order valence-electron chi connectivity index (χ0n) is 10.5. The van der Waals surface area contributed by atoms with Crippen LogP contribution in [0.25, 0.3) is 0 Å². The first-order chi connectivity index (χ1) is 9.63. The molecule has 0 aromatic heterocycles. The van der Waals surface area contributed by atoms with Gasteiger partial charge in [0.2, 0.25) is 0 Å². The summed E-state index contributed by atoms with van der Waals surface area (Å²) >= 11 is 0. The molecule has 0 aliphatic carbocycles. The molecule has 20 heavy (non-hydrogen) atoms. The number of ether oxygens (including phenoxy) is 1. The van der Waals surface area contributed by atoms with Crippen molar-refractivity contribution in [3.63, 3.8) is 0 Å². The molecule has 2 aromatic rings. The molecule has 5 heteroatoms. The minimum atomic E-state index is -1.26. The monoisotopic (exact) mass is 276 g/mol. The third-order valence-electron chi connectivity index (χ3n) is 2.76. The smallest absolute Gasteiger partial charge is 0.339 e. The average Bonchev–Trinajstić information content (AvgIpc) is 2.43. The van der Waals surface area contributed by atoms with Gasteiger partial charge >= 0.3 is 5.97 Å². The molecule has 0 heterocycles. The first-order valence-electron chi connectivity index (χ1n) is 6.02. The van der Waals surface area contributed by atoms with E-state index >= 15 is 0 Å². The Bertz CT molecular complexity index is 625. The van der Waals surface area contributed by atoms with E-state index < -0.39 is 11.8 Å². The number of hydrogen-bond acceptors (Lipinski definition) is 3. The fourth-order valence-electron chi connectivity index (χ4n) is 1.82. The molecule has 2 aromatic carbocycles. The van der Waals surface area contributed by atoms with Gasteiger partial charge in [0.25, 0.3) is 0 Å². The number of carbonyl (C=O) groups is 1. The largest absolute Gasteiger partial charge is 0.478 e. The summed E-state index contributed by atoms with van der Waals surface area (Å²) < 4.78 is 19.2. The number of hydrogen-bond donors (Lipinski definition) is 2. The van der Waals surface area contributed by atoms with Gasteiger partial charge in [0.1, 0.15) is 11.3 Å². The highest BCUT2D eigenvalue weighted by Crippen LogP contribution is 2.30. The number of halogens is 1. The van der Waals surface area contributed by atoms with Crippen molar-refractivity contribution in [1.29, 1.82) is 0 Å². The molecule has 104 valence electrons. The number of para-hydroxylation sites is 2. The summed E-state index contributed by atoms with van der Waals surface area (Å²) in [6.07, 6.45) is 0.340. The van der Waals surface area contributed by atoms with Crippen LogP contribution in [0.4, 0.5) is 4.39 Å². The summed E-state index contributed by atoms with van der Waals surface area (Å²) in [5.41, 5.74) is 0.429. The van der Waals surface area contributed by atoms with E-state index in [0.29, 0.717) is 17.7 Å². The summed E-state index contributed by atoms with van der Waals surface area (Å²) in [5, 5.41) is 18.0. The predicted octanol–water partition coefficient (Wildman–Crippen LogP) is 2.85. The lowest BCUT2D eigenvalue weighted by Gasteiger charge is -2.12. The van der Waals surface area contributed by atoms with Gasteiger partial charge in [-0.05, 0) is 30.2 Å². The van der Waals surface area contributed by atoms with Gasteiger partial charge in [-0.1, -0.05) is 24.3 Å². The SMILES string of the molecule is O=C(O)c1cccc(F)c1Oc1ccccc1CCO. The van der Waals surface area contributed by atoms with E-state index in [1.165, 1.54) is 12.1 Å². The standard InChI is InChI=1S/C15H13FO4/c16-12-6-3-5-11(15(18)19)14(12)20-13-7-2-1-4-10(13)8-9-17/h1-7,17H,8-9H2,(H,18,19). The number of carboxylic acids is 1. The highest BCUT2D eigenvalue weighted by Gasteiger charge is 2.17. The van der Waals surface area contributed by atoms with Crippen LogP contribution < -0.4 is 4.74 Å². The molecule has 0 aliphatic rings. The fourth-order valence-corrected chi connectivity index (χ4v) is 1.82. The molecule has 2 rings (SSSR count). The van der Waals surface area contributed by atoms with Crippen molar-refractivity contribution < 1.29 is 24.1 Å². The van der Waals surface area contributed by atoms with Gasteiger partial charge in [-0.25, -0.2) is 9.18 Å². The maximum atomic E-state index is 13.8. The summed E-state index contributed by atoms with van der Waals surface area (Å²) in [5.74, 6) is -2.01. The first kappa shape index (κ1) is 14.0. The van der Waals surface area contributed by atoms with Crippen LogP contribution in [0.1, 0.15) is 15.9 Å². The molecule has 0 spiro atoms. The van der Waals surface area contributed by atoms with Gasteiger partial charge in [-0.3, -0.25) is 0 Å². The minimum Gasteiger partial charge on any atom is -0.478 e. The molecule has 0 amide bonds. The fraction of sp³-hybridized carbons (Fsp3) is 0.133. The van der Waals surface area contributed by atoms with Crippen LogP contribution in [0.5, 0.6) is 11.5 Å². The van der Waals surface area contributed by atoms with Crippen molar-refractivity contribution in [2.75, 3.05) is 6.61 Å². The Balaban J connectivity index is 2.42. The Morgan fingerprint density at radius 3 is 2.60 bits per heavy atom. The highest BCUT2D eigenvalue weighted by atomic mass is 19.1. The van der Waals surface area contributed by atoms with Gasteiger partial charge in [0, 0.05) is 6.61 Å². The van der Waals surface area contributed by atoms with Crippen molar-refractivity contribution >= 4 is 5.97 Å². The Labute approximate surface area is 115 Å². The third kappa shape index (κ3) is 2.95. The summed E-state index contributed by atoms with van der Waals surface area (Å²) in [6.45, 7) is -0.0799. The number of aromatic carboxylic acids is 1. The third-order valence-corrected chi connectivity index (χ3v) is 2.76. The van der Waals surface area contributed by atoms with Crippen LogP contribution in [0, 0.1) is 5.82 Å². The van der Waals surface area contributed by atoms with E-state index in [9.17, 15) is 9.18 Å². The Kier molecular flexibility index (Phi) is 4.32. The number of carboxylic acid groups (broad SMARTS) is 1. The molecule has 0 aliphatic heterocycles. The Morgan fingerprint density at radius 1 is 1.15 bits per heavy atom. The summed E-state index contributed by atoms with van der Waals surface area (Å²) in [6, 6.07) is 10.5. The van der Waals surface area contributed by atoms with Crippen molar-refractivity contribution in [2.45, 2.75) is 6.42 Å². The van der Waals surface area contributed by atoms with E-state index in [4.69, 9.17) is 14.9 Å². The number of aliphatic hydroxyl groups excluding tert-OH is 1. The molecule has 0 unspecified atom stereocenters. The molecule has 0 radical (unpaired) electrons. The average molecular weight is 276 g/mol. The van der Waals surface area contributed by atoms with Gasteiger partial charge in [-0.2, -0.15) is 0 Å². The summed E-state index contributed by atoms with van der Waals surface area (Å²) in [7, 11) is 0. The molecule has 0 saturated heterocycles. The van der Waals surface area contributed by atoms with Crippen LogP contribution >= 0.6 is 0 Å². The molecule has 4 nitrogen and oxygen atoms in total. The number of rotatable bonds is 5. The van der Waals surface area contributed by atoms with Crippen LogP contribution in [-0.2, 0) is 6.42 Å². The molecule has 0 bridgehead atoms. The van der Waals surface area contributed by atoms with Crippen molar-refractivity contribution in [1.82, 2.24) is 0 Å². The normalized spacial score (nSPS) is 10.3. The van der Waals surface area contributed by atoms with Gasteiger partial charge in [0.15, 0.2) is 11.6 Å². The van der Waals surface area contributed by atoms with E-state index in [2.05, 4.69) is 0 Å². The quantitative estimate of drug-likeness (QED) is 0.881. The van der Waals surface area contributed by atoms with Crippen molar-refractivity contribution in [3.8, 4) is 11.5 Å². The minimum absolute atomic E-state index is 0.0799. The maximum absolute atomic E-state index is 13.8. The second-order valence-electron chi connectivity index (χ2n) is 4.11. The number of benzene rings is 2. The molecule has 0 fully saturated rings. The zero-order chi connectivity index (χ0) is 14.5. The molecule has 2 N–H and O–H groups in total. The van der Waals surface area contributed by atoms with E-state index in [1.54, 1.807) is 24.3 Å². The van der Waals surface area contributed by atoms with Gasteiger partial charge in [-0.15, -0.1) is 0 Å². The van der Waals surface area contributed by atoms with Gasteiger partial charge < -0.3 is 14.9 Å².